The van der Waals surface area contributed by atoms with Gasteiger partial charge in [0, 0.05) is 25.0 Å². The maximum Gasteiger partial charge on any atom is 0.326 e. The number of nitrogens with zero attached hydrogens (tertiary/aromatic N) is 1. The Bertz CT molecular complexity index is 900. The van der Waals surface area contributed by atoms with E-state index in [1.54, 1.807) is 6.92 Å². The Morgan fingerprint density at radius 2 is 1.73 bits per heavy atom. The summed E-state index contributed by atoms with van der Waals surface area (Å²) in [5.74, 6) is -0.770. The average Bonchev–Trinajstić information content (AvgIpc) is 3.16. The van der Waals surface area contributed by atoms with Crippen molar-refractivity contribution in [2.75, 3.05) is 12.3 Å². The second-order valence-electron chi connectivity index (χ2n) is 7.41. The van der Waals surface area contributed by atoms with E-state index >= 15 is 0 Å². The predicted octanol–water partition coefficient (Wildman–Crippen LogP) is 3.70. The lowest BCUT2D eigenvalue weighted by Crippen LogP contribution is -2.43. The Labute approximate surface area is 180 Å². The highest BCUT2D eigenvalue weighted by Crippen LogP contribution is 2.27. The smallest absolute Gasteiger partial charge is 0.326 e. The van der Waals surface area contributed by atoms with E-state index in [1.165, 1.54) is 11.8 Å². The van der Waals surface area contributed by atoms with Crippen LogP contribution in [0.3, 0.4) is 0 Å². The summed E-state index contributed by atoms with van der Waals surface area (Å²) >= 11 is 1.07. The number of amides is 1. The minimum atomic E-state index is -1.04. The lowest BCUT2D eigenvalue weighted by molar-refractivity contribution is -0.149. The minimum Gasteiger partial charge on any atom is -0.488 e. The van der Waals surface area contributed by atoms with E-state index in [2.05, 4.69) is 0 Å². The first-order valence-corrected chi connectivity index (χ1v) is 10.8. The summed E-state index contributed by atoms with van der Waals surface area (Å²) in [6, 6.07) is 16.7. The van der Waals surface area contributed by atoms with E-state index in [4.69, 9.17) is 4.74 Å². The highest BCUT2D eigenvalue weighted by Gasteiger charge is 2.42. The third kappa shape index (κ3) is 5.42. The van der Waals surface area contributed by atoms with Gasteiger partial charge in [0.05, 0.1) is 6.54 Å². The Morgan fingerprint density at radius 1 is 1.10 bits per heavy atom. The van der Waals surface area contributed by atoms with Crippen LogP contribution in [0.2, 0.25) is 0 Å². The molecule has 2 aromatic carbocycles. The summed E-state index contributed by atoms with van der Waals surface area (Å²) in [4.78, 5) is 37.0. The van der Waals surface area contributed by atoms with Gasteiger partial charge in [0.2, 0.25) is 5.91 Å². The standard InChI is InChI=1S/C23H25NO5S/c1-15(14-30-16(2)25)22(26)24-13-20(12-21(24)23(27)28)29-19-10-8-18(9-11-19)17-6-4-3-5-7-17/h3-11,15,20-21H,12-14H2,1-2H3,(H,27,28)/t15?,20-,21-/m0/s1. The number of hydrogen-bond donors (Lipinski definition) is 1. The van der Waals surface area contributed by atoms with Crippen molar-refractivity contribution in [2.24, 2.45) is 5.92 Å². The first-order chi connectivity index (χ1) is 14.3. The molecule has 0 radical (unpaired) electrons. The molecule has 1 aliphatic rings. The van der Waals surface area contributed by atoms with Crippen LogP contribution >= 0.6 is 11.8 Å². The molecule has 1 unspecified atom stereocenters. The minimum absolute atomic E-state index is 0.0639. The number of ether oxygens (including phenoxy) is 1. The summed E-state index contributed by atoms with van der Waals surface area (Å²) < 4.78 is 5.99. The molecule has 1 fully saturated rings. The summed E-state index contributed by atoms with van der Waals surface area (Å²) in [6.45, 7) is 3.38. The fourth-order valence-electron chi connectivity index (χ4n) is 3.51. The van der Waals surface area contributed by atoms with Crippen molar-refractivity contribution in [3.05, 3.63) is 54.6 Å². The third-order valence-corrected chi connectivity index (χ3v) is 6.13. The molecule has 6 nitrogen and oxygen atoms in total. The van der Waals surface area contributed by atoms with Gasteiger partial charge >= 0.3 is 5.97 Å². The molecule has 1 amide bonds. The van der Waals surface area contributed by atoms with Gasteiger partial charge in [-0.05, 0) is 23.3 Å². The van der Waals surface area contributed by atoms with Crippen molar-refractivity contribution in [2.45, 2.75) is 32.4 Å². The van der Waals surface area contributed by atoms with E-state index in [9.17, 15) is 19.5 Å². The predicted molar refractivity (Wildman–Crippen MR) is 116 cm³/mol. The van der Waals surface area contributed by atoms with Gasteiger partial charge in [-0.25, -0.2) is 4.79 Å². The molecule has 158 valence electrons. The van der Waals surface area contributed by atoms with E-state index in [0.717, 1.165) is 22.9 Å². The van der Waals surface area contributed by atoms with Crippen LogP contribution in [-0.2, 0) is 14.4 Å². The molecule has 1 N–H and O–H groups in total. The molecule has 7 heteroatoms. The summed E-state index contributed by atoms with van der Waals surface area (Å²) in [7, 11) is 0. The van der Waals surface area contributed by atoms with Gasteiger partial charge in [0.15, 0.2) is 5.12 Å². The summed E-state index contributed by atoms with van der Waals surface area (Å²) in [6.07, 6.45) is -0.168. The molecule has 3 rings (SSSR count). The number of hydrogen-bond acceptors (Lipinski definition) is 5. The van der Waals surface area contributed by atoms with Crippen LogP contribution in [0.5, 0.6) is 5.75 Å². The first kappa shape index (κ1) is 21.9. The highest BCUT2D eigenvalue weighted by molar-refractivity contribution is 8.13. The average molecular weight is 428 g/mol. The van der Waals surface area contributed by atoms with Gasteiger partial charge in [0.1, 0.15) is 17.9 Å². The molecule has 3 atom stereocenters. The van der Waals surface area contributed by atoms with E-state index < -0.39 is 24.0 Å². The van der Waals surface area contributed by atoms with Crippen LogP contribution in [0.1, 0.15) is 20.3 Å². The number of aliphatic carboxylic acids is 1. The molecular weight excluding hydrogens is 402 g/mol. The number of carboxylic acids is 1. The monoisotopic (exact) mass is 427 g/mol. The second-order valence-corrected chi connectivity index (χ2v) is 8.61. The normalized spacial score (nSPS) is 19.3. The lowest BCUT2D eigenvalue weighted by Gasteiger charge is -2.24. The largest absolute Gasteiger partial charge is 0.488 e. The van der Waals surface area contributed by atoms with Crippen molar-refractivity contribution in [3.8, 4) is 16.9 Å². The number of likely N-dealkylation sites (tertiary alicyclic amines) is 1. The van der Waals surface area contributed by atoms with Gasteiger partial charge < -0.3 is 14.7 Å². The number of thioether (sulfide) groups is 1. The van der Waals surface area contributed by atoms with Crippen LogP contribution in [0.15, 0.2) is 54.6 Å². The Kier molecular flexibility index (Phi) is 7.15. The van der Waals surface area contributed by atoms with Crippen LogP contribution in [-0.4, -0.2) is 51.4 Å². The zero-order valence-corrected chi connectivity index (χ0v) is 17.8. The highest BCUT2D eigenvalue weighted by atomic mass is 32.2. The van der Waals surface area contributed by atoms with Crippen LogP contribution in [0.4, 0.5) is 0 Å². The SMILES string of the molecule is CC(=O)SCC(C)C(=O)N1C[C@@H](Oc2ccc(-c3ccccc3)cc2)C[C@H]1C(=O)O. The molecule has 0 aliphatic carbocycles. The van der Waals surface area contributed by atoms with Crippen molar-refractivity contribution >= 4 is 28.8 Å². The molecule has 0 aromatic heterocycles. The van der Waals surface area contributed by atoms with Crippen molar-refractivity contribution < 1.29 is 24.2 Å². The molecule has 0 spiro atoms. The van der Waals surface area contributed by atoms with Crippen LogP contribution in [0.25, 0.3) is 11.1 Å². The van der Waals surface area contributed by atoms with Gasteiger partial charge in [-0.3, -0.25) is 9.59 Å². The molecule has 2 aromatic rings. The van der Waals surface area contributed by atoms with E-state index in [0.29, 0.717) is 11.5 Å². The molecule has 1 aliphatic heterocycles. The summed E-state index contributed by atoms with van der Waals surface area (Å²) in [5.41, 5.74) is 2.16. The Hall–Kier alpha value is -2.80. The topological polar surface area (TPSA) is 83.9 Å². The fraction of sp³-hybridized carbons (Fsp3) is 0.348. The van der Waals surface area contributed by atoms with Gasteiger partial charge in [-0.15, -0.1) is 0 Å². The fourth-order valence-corrected chi connectivity index (χ4v) is 4.13. The second kappa shape index (κ2) is 9.80. The zero-order chi connectivity index (χ0) is 21.7. The maximum atomic E-state index is 12.8. The first-order valence-electron chi connectivity index (χ1n) is 9.84. The Balaban J connectivity index is 1.65. The van der Waals surface area contributed by atoms with Crippen LogP contribution in [0, 0.1) is 5.92 Å². The molecule has 1 saturated heterocycles. The molecule has 0 saturated carbocycles. The number of carboxylic acid groups (broad SMARTS) is 1. The van der Waals surface area contributed by atoms with Crippen molar-refractivity contribution in [1.82, 2.24) is 4.90 Å². The maximum absolute atomic E-state index is 12.8. The number of carbonyl (C=O) groups is 3. The van der Waals surface area contributed by atoms with Crippen molar-refractivity contribution in [1.29, 1.82) is 0 Å². The Morgan fingerprint density at radius 3 is 2.33 bits per heavy atom. The summed E-state index contributed by atoms with van der Waals surface area (Å²) in [5, 5.41) is 9.51. The molecule has 30 heavy (non-hydrogen) atoms. The zero-order valence-electron chi connectivity index (χ0n) is 17.0. The number of rotatable bonds is 7. The number of benzene rings is 2. The van der Waals surface area contributed by atoms with Gasteiger partial charge in [-0.1, -0.05) is 61.2 Å². The molecule has 0 bridgehead atoms. The third-order valence-electron chi connectivity index (χ3n) is 5.05. The van der Waals surface area contributed by atoms with Crippen LogP contribution < -0.4 is 4.74 Å². The van der Waals surface area contributed by atoms with Gasteiger partial charge in [0.25, 0.3) is 0 Å². The van der Waals surface area contributed by atoms with E-state index in [1.807, 2.05) is 54.6 Å². The quantitative estimate of drug-likeness (QED) is 0.725. The lowest BCUT2D eigenvalue weighted by atomic mass is 10.1. The molecular formula is C23H25NO5S. The number of carbonyl (C=O) groups excluding carboxylic acids is 2. The van der Waals surface area contributed by atoms with Gasteiger partial charge in [-0.2, -0.15) is 0 Å². The van der Waals surface area contributed by atoms with E-state index in [-0.39, 0.29) is 24.0 Å². The van der Waals surface area contributed by atoms with Crippen molar-refractivity contribution in [3.63, 3.8) is 0 Å². The molecule has 1 heterocycles.